The first-order chi connectivity index (χ1) is 12.3. The van der Waals surface area contributed by atoms with Crippen LogP contribution in [0.25, 0.3) is 0 Å². The lowest BCUT2D eigenvalue weighted by Gasteiger charge is -2.49. The third kappa shape index (κ3) is 3.35. The molecule has 1 aliphatic carbocycles. The molecule has 1 saturated heterocycles. The van der Waals surface area contributed by atoms with Crippen molar-refractivity contribution in [2.75, 3.05) is 13.1 Å². The molecule has 0 amide bonds. The maximum absolute atomic E-state index is 6.25. The summed E-state index contributed by atoms with van der Waals surface area (Å²) >= 11 is 12.5. The monoisotopic (exact) mass is 389 g/mol. The van der Waals surface area contributed by atoms with E-state index in [-0.39, 0.29) is 0 Å². The van der Waals surface area contributed by atoms with Gasteiger partial charge in [-0.3, -0.25) is 4.90 Å². The summed E-state index contributed by atoms with van der Waals surface area (Å²) in [5, 5.41) is 1.30. The third-order valence-corrected chi connectivity index (χ3v) is 6.32. The number of ether oxygens (including phenoxy) is 1. The third-order valence-electron chi connectivity index (χ3n) is 5.61. The summed E-state index contributed by atoms with van der Waals surface area (Å²) in [6.07, 6.45) is 2.34. The Morgan fingerprint density at radius 3 is 2.50 bits per heavy atom. The second-order valence-corrected chi connectivity index (χ2v) is 9.24. The lowest BCUT2D eigenvalue weighted by atomic mass is 9.82. The summed E-state index contributed by atoms with van der Waals surface area (Å²) in [5.74, 6) is 0.904. The molecule has 4 rings (SSSR count). The predicted octanol–water partition coefficient (Wildman–Crippen LogP) is 6.21. The molecule has 0 N–H and O–H groups in total. The molecule has 4 heteroatoms. The van der Waals surface area contributed by atoms with E-state index >= 15 is 0 Å². The fraction of sp³-hybridized carbons (Fsp3) is 0.455. The highest BCUT2D eigenvalue weighted by molar-refractivity contribution is 6.35. The average Bonchev–Trinajstić information content (AvgIpc) is 2.96. The molecule has 2 nitrogen and oxygen atoms in total. The molecular formula is C22H25Cl2NO. The van der Waals surface area contributed by atoms with Crippen LogP contribution in [-0.2, 0) is 13.0 Å². The number of hydrogen-bond donors (Lipinski definition) is 0. The molecule has 0 spiro atoms. The molecule has 1 heterocycles. The van der Waals surface area contributed by atoms with Crippen molar-refractivity contribution >= 4 is 23.2 Å². The van der Waals surface area contributed by atoms with Crippen molar-refractivity contribution in [2.24, 2.45) is 5.41 Å². The van der Waals surface area contributed by atoms with Crippen molar-refractivity contribution in [3.63, 3.8) is 0 Å². The maximum atomic E-state index is 6.25. The fourth-order valence-electron chi connectivity index (χ4n) is 4.50. The van der Waals surface area contributed by atoms with Gasteiger partial charge in [0.25, 0.3) is 0 Å². The van der Waals surface area contributed by atoms with Crippen LogP contribution < -0.4 is 4.74 Å². The van der Waals surface area contributed by atoms with Gasteiger partial charge in [0.2, 0.25) is 0 Å². The van der Waals surface area contributed by atoms with Crippen molar-refractivity contribution in [2.45, 2.75) is 46.3 Å². The number of fused-ring (bicyclic) bond motifs is 1. The van der Waals surface area contributed by atoms with E-state index in [0.717, 1.165) is 17.7 Å². The molecular weight excluding hydrogens is 365 g/mol. The van der Waals surface area contributed by atoms with Gasteiger partial charge in [0.1, 0.15) is 12.4 Å². The van der Waals surface area contributed by atoms with Crippen LogP contribution in [0.2, 0.25) is 10.0 Å². The highest BCUT2D eigenvalue weighted by Gasteiger charge is 2.41. The Balaban J connectivity index is 1.51. The minimum atomic E-state index is 0.389. The summed E-state index contributed by atoms with van der Waals surface area (Å²) in [6.45, 7) is 9.68. The standard InChI is InChI=1S/C22H25Cl2NO/c1-14-9-16(26-11-17-18(23)5-4-6-19(17)24)10-15-7-8-20(21(14)15)25-12-22(2,3)13-25/h4-6,9-10,20H,7-8,11-13H2,1-3H3. The van der Waals surface area contributed by atoms with E-state index in [9.17, 15) is 0 Å². The predicted molar refractivity (Wildman–Crippen MR) is 108 cm³/mol. The van der Waals surface area contributed by atoms with E-state index in [1.165, 1.54) is 36.2 Å². The summed E-state index contributed by atoms with van der Waals surface area (Å²) in [4.78, 5) is 2.63. The first kappa shape index (κ1) is 18.2. The zero-order chi connectivity index (χ0) is 18.5. The quantitative estimate of drug-likeness (QED) is 0.615. The first-order valence-electron chi connectivity index (χ1n) is 9.27. The molecule has 2 aromatic carbocycles. The number of halogens is 2. The van der Waals surface area contributed by atoms with Crippen molar-refractivity contribution in [3.05, 3.63) is 62.6 Å². The molecule has 2 aromatic rings. The summed E-state index contributed by atoms with van der Waals surface area (Å²) in [7, 11) is 0. The lowest BCUT2D eigenvalue weighted by Crippen LogP contribution is -2.53. The number of benzene rings is 2. The van der Waals surface area contributed by atoms with Gasteiger partial charge in [0.15, 0.2) is 0 Å². The Kier molecular flexibility index (Phi) is 4.71. The largest absolute Gasteiger partial charge is 0.489 e. The summed E-state index contributed by atoms with van der Waals surface area (Å²) in [6, 6.07) is 10.5. The number of rotatable bonds is 4. The zero-order valence-electron chi connectivity index (χ0n) is 15.6. The van der Waals surface area contributed by atoms with Gasteiger partial charge in [-0.15, -0.1) is 0 Å². The Bertz CT molecular complexity index is 818. The minimum Gasteiger partial charge on any atom is -0.489 e. The van der Waals surface area contributed by atoms with Crippen LogP contribution >= 0.6 is 23.2 Å². The van der Waals surface area contributed by atoms with Crippen LogP contribution in [0.15, 0.2) is 30.3 Å². The van der Waals surface area contributed by atoms with Gasteiger partial charge in [-0.2, -0.15) is 0 Å². The van der Waals surface area contributed by atoms with Crippen LogP contribution in [0, 0.1) is 12.3 Å². The molecule has 0 saturated carbocycles. The SMILES string of the molecule is Cc1cc(OCc2c(Cl)cccc2Cl)cc2c1C(N1CC(C)(C)C1)CC2. The maximum Gasteiger partial charge on any atom is 0.120 e. The van der Waals surface area contributed by atoms with Crippen molar-refractivity contribution in [3.8, 4) is 5.75 Å². The minimum absolute atomic E-state index is 0.389. The number of likely N-dealkylation sites (tertiary alicyclic amines) is 1. The second kappa shape index (κ2) is 6.74. The van der Waals surface area contributed by atoms with Gasteiger partial charge in [-0.25, -0.2) is 0 Å². The Labute approximate surface area is 166 Å². The molecule has 1 aliphatic heterocycles. The van der Waals surface area contributed by atoms with E-state index in [1.54, 1.807) is 0 Å². The smallest absolute Gasteiger partial charge is 0.120 e. The Morgan fingerprint density at radius 2 is 1.85 bits per heavy atom. The van der Waals surface area contributed by atoms with E-state index in [0.29, 0.717) is 28.1 Å². The van der Waals surface area contributed by atoms with Gasteiger partial charge < -0.3 is 4.74 Å². The van der Waals surface area contributed by atoms with Gasteiger partial charge in [0.05, 0.1) is 0 Å². The van der Waals surface area contributed by atoms with Crippen molar-refractivity contribution in [1.29, 1.82) is 0 Å². The average molecular weight is 390 g/mol. The van der Waals surface area contributed by atoms with Crippen LogP contribution in [-0.4, -0.2) is 18.0 Å². The normalized spacial score (nSPS) is 21.3. The summed E-state index contributed by atoms with van der Waals surface area (Å²) in [5.41, 5.74) is 5.58. The highest BCUT2D eigenvalue weighted by Crippen LogP contribution is 2.45. The second-order valence-electron chi connectivity index (χ2n) is 8.43. The molecule has 138 valence electrons. The Hall–Kier alpha value is -1.22. The van der Waals surface area contributed by atoms with E-state index in [4.69, 9.17) is 27.9 Å². The molecule has 0 radical (unpaired) electrons. The van der Waals surface area contributed by atoms with Gasteiger partial charge in [0, 0.05) is 34.7 Å². The van der Waals surface area contributed by atoms with Crippen LogP contribution in [0.1, 0.15) is 48.6 Å². The molecule has 0 aromatic heterocycles. The van der Waals surface area contributed by atoms with Crippen LogP contribution in [0.3, 0.4) is 0 Å². The molecule has 2 aliphatic rings. The van der Waals surface area contributed by atoms with E-state index < -0.39 is 0 Å². The van der Waals surface area contributed by atoms with Crippen LogP contribution in [0.5, 0.6) is 5.75 Å². The Morgan fingerprint density at radius 1 is 1.15 bits per heavy atom. The highest BCUT2D eigenvalue weighted by atomic mass is 35.5. The first-order valence-corrected chi connectivity index (χ1v) is 10.0. The molecule has 1 atom stereocenters. The molecule has 1 unspecified atom stereocenters. The molecule has 1 fully saturated rings. The van der Waals surface area contributed by atoms with Gasteiger partial charge in [-0.05, 0) is 66.1 Å². The van der Waals surface area contributed by atoms with Gasteiger partial charge >= 0.3 is 0 Å². The lowest BCUT2D eigenvalue weighted by molar-refractivity contribution is -0.00658. The zero-order valence-corrected chi connectivity index (χ0v) is 17.1. The van der Waals surface area contributed by atoms with E-state index in [1.807, 2.05) is 18.2 Å². The number of aryl methyl sites for hydroxylation is 2. The van der Waals surface area contributed by atoms with Crippen molar-refractivity contribution < 1.29 is 4.74 Å². The topological polar surface area (TPSA) is 12.5 Å². The van der Waals surface area contributed by atoms with Gasteiger partial charge in [-0.1, -0.05) is 43.1 Å². The number of nitrogens with zero attached hydrogens (tertiary/aromatic N) is 1. The fourth-order valence-corrected chi connectivity index (χ4v) is 5.01. The molecule has 0 bridgehead atoms. The molecule has 26 heavy (non-hydrogen) atoms. The van der Waals surface area contributed by atoms with E-state index in [2.05, 4.69) is 37.8 Å². The van der Waals surface area contributed by atoms with Crippen molar-refractivity contribution in [1.82, 2.24) is 4.90 Å². The number of hydrogen-bond acceptors (Lipinski definition) is 2. The van der Waals surface area contributed by atoms with Crippen LogP contribution in [0.4, 0.5) is 0 Å². The summed E-state index contributed by atoms with van der Waals surface area (Å²) < 4.78 is 6.05.